The number of aryl methyl sites for hydroxylation is 1. The summed E-state index contributed by atoms with van der Waals surface area (Å²) in [6, 6.07) is 18.0. The number of hydrogen-bond acceptors (Lipinski definition) is 6. The minimum atomic E-state index is -3.70. The molecule has 1 aromatic heterocycles. The lowest BCUT2D eigenvalue weighted by atomic mass is 10.2. The zero-order valence-corrected chi connectivity index (χ0v) is 18.4. The number of fused-ring (bicyclic) bond motifs is 2. The Morgan fingerprint density at radius 1 is 1.03 bits per heavy atom. The van der Waals surface area contributed by atoms with Crippen LogP contribution < -0.4 is 19.0 Å². The largest absolute Gasteiger partial charge is 0.454 e. The molecule has 1 amide bonds. The van der Waals surface area contributed by atoms with Crippen molar-refractivity contribution in [3.8, 4) is 11.5 Å². The summed E-state index contributed by atoms with van der Waals surface area (Å²) in [5, 5.41) is 0. The van der Waals surface area contributed by atoms with Crippen LogP contribution in [0, 0.1) is 0 Å². The van der Waals surface area contributed by atoms with Gasteiger partial charge in [0.25, 0.3) is 15.9 Å². The van der Waals surface area contributed by atoms with Crippen molar-refractivity contribution < 1.29 is 22.7 Å². The first-order chi connectivity index (χ1) is 15.4. The maximum absolute atomic E-state index is 12.7. The number of ether oxygens (including phenoxy) is 2. The summed E-state index contributed by atoms with van der Waals surface area (Å²) >= 11 is 1.37. The summed E-state index contributed by atoms with van der Waals surface area (Å²) < 4.78 is 41.0. The number of nitrogens with zero attached hydrogens (tertiary/aromatic N) is 2. The van der Waals surface area contributed by atoms with E-state index in [9.17, 15) is 13.2 Å². The average molecular weight is 468 g/mol. The molecular formula is C22H17N3O5S2. The Hall–Kier alpha value is -3.63. The van der Waals surface area contributed by atoms with Gasteiger partial charge >= 0.3 is 0 Å². The zero-order chi connectivity index (χ0) is 22.3. The zero-order valence-electron chi connectivity index (χ0n) is 16.8. The Balaban J connectivity index is 1.40. The minimum Gasteiger partial charge on any atom is -0.454 e. The molecule has 162 valence electrons. The van der Waals surface area contributed by atoms with Crippen LogP contribution in [0.5, 0.6) is 11.5 Å². The third-order valence-corrected chi connectivity index (χ3v) is 7.43. The molecule has 10 heteroatoms. The van der Waals surface area contributed by atoms with Crippen LogP contribution in [-0.2, 0) is 17.1 Å². The van der Waals surface area contributed by atoms with Crippen LogP contribution in [-0.4, -0.2) is 25.7 Å². The summed E-state index contributed by atoms with van der Waals surface area (Å²) in [4.78, 5) is 17.6. The third kappa shape index (κ3) is 3.74. The lowest BCUT2D eigenvalue weighted by molar-refractivity contribution is 0.0998. The van der Waals surface area contributed by atoms with Crippen molar-refractivity contribution in [2.75, 3.05) is 11.5 Å². The number of rotatable bonds is 4. The fourth-order valence-corrected chi connectivity index (χ4v) is 5.38. The van der Waals surface area contributed by atoms with E-state index in [0.717, 1.165) is 10.2 Å². The summed E-state index contributed by atoms with van der Waals surface area (Å²) in [5.74, 6) is 0.910. The molecule has 3 aromatic carbocycles. The van der Waals surface area contributed by atoms with Crippen molar-refractivity contribution in [3.05, 3.63) is 77.1 Å². The lowest BCUT2D eigenvalue weighted by Gasteiger charge is -2.08. The molecule has 5 rings (SSSR count). The van der Waals surface area contributed by atoms with Gasteiger partial charge in [0.1, 0.15) is 0 Å². The lowest BCUT2D eigenvalue weighted by Crippen LogP contribution is -2.14. The predicted octanol–water partition coefficient (Wildman–Crippen LogP) is 3.51. The van der Waals surface area contributed by atoms with Crippen LogP contribution in [0.1, 0.15) is 10.4 Å². The molecule has 0 saturated heterocycles. The van der Waals surface area contributed by atoms with E-state index >= 15 is 0 Å². The number of thiazole rings is 1. The fourth-order valence-electron chi connectivity index (χ4n) is 3.27. The molecule has 4 aromatic rings. The molecule has 0 bridgehead atoms. The van der Waals surface area contributed by atoms with Gasteiger partial charge in [0.05, 0.1) is 15.1 Å². The Morgan fingerprint density at radius 2 is 1.72 bits per heavy atom. The normalized spacial score (nSPS) is 13.5. The second-order valence-electron chi connectivity index (χ2n) is 7.03. The number of carbonyl (C=O) groups excluding carboxylic acids is 1. The van der Waals surface area contributed by atoms with E-state index in [0.29, 0.717) is 27.6 Å². The van der Waals surface area contributed by atoms with Gasteiger partial charge in [0, 0.05) is 30.4 Å². The average Bonchev–Trinajstić information content (AvgIpc) is 3.37. The highest BCUT2D eigenvalue weighted by molar-refractivity contribution is 7.92. The van der Waals surface area contributed by atoms with E-state index in [1.165, 1.54) is 47.7 Å². The van der Waals surface area contributed by atoms with E-state index in [-0.39, 0.29) is 11.7 Å². The van der Waals surface area contributed by atoms with E-state index in [4.69, 9.17) is 9.47 Å². The van der Waals surface area contributed by atoms with Gasteiger partial charge in [-0.1, -0.05) is 29.5 Å². The third-order valence-electron chi connectivity index (χ3n) is 4.94. The van der Waals surface area contributed by atoms with Crippen LogP contribution >= 0.6 is 11.3 Å². The van der Waals surface area contributed by atoms with Gasteiger partial charge in [-0.05, 0) is 36.4 Å². The number of sulfonamides is 1. The van der Waals surface area contributed by atoms with Crippen LogP contribution in [0.2, 0.25) is 0 Å². The molecule has 0 unspecified atom stereocenters. The summed E-state index contributed by atoms with van der Waals surface area (Å²) in [5.41, 5.74) is 1.59. The van der Waals surface area contributed by atoms with E-state index in [1.807, 2.05) is 23.7 Å². The van der Waals surface area contributed by atoms with Gasteiger partial charge in [-0.3, -0.25) is 9.52 Å². The standard InChI is InChI=1S/C22H17N3O5S2/c1-25-17-11-18-19(30-13-29-18)12-20(17)31-22(25)23-21(26)14-7-9-15(10-8-14)24-32(27,28)16-5-3-2-4-6-16/h2-12,24H,13H2,1H3. The molecule has 1 N–H and O–H groups in total. The first-order valence-electron chi connectivity index (χ1n) is 9.57. The molecule has 0 atom stereocenters. The first kappa shape index (κ1) is 20.3. The maximum Gasteiger partial charge on any atom is 0.279 e. The molecular weight excluding hydrogens is 450 g/mol. The molecule has 0 aliphatic carbocycles. The quantitative estimate of drug-likeness (QED) is 0.495. The Morgan fingerprint density at radius 3 is 2.44 bits per heavy atom. The molecule has 2 heterocycles. The molecule has 0 radical (unpaired) electrons. The SMILES string of the molecule is Cn1c(=NC(=O)c2ccc(NS(=O)(=O)c3ccccc3)cc2)sc2cc3c(cc21)OCO3. The number of benzene rings is 3. The van der Waals surface area contributed by atoms with Crippen molar-refractivity contribution in [1.29, 1.82) is 0 Å². The molecule has 0 saturated carbocycles. The fraction of sp³-hybridized carbons (Fsp3) is 0.0909. The smallest absolute Gasteiger partial charge is 0.279 e. The highest BCUT2D eigenvalue weighted by Crippen LogP contribution is 2.36. The van der Waals surface area contributed by atoms with Crippen molar-refractivity contribution in [1.82, 2.24) is 4.57 Å². The minimum absolute atomic E-state index is 0.161. The Labute approximate surface area is 187 Å². The highest BCUT2D eigenvalue weighted by Gasteiger charge is 2.17. The van der Waals surface area contributed by atoms with Crippen molar-refractivity contribution in [3.63, 3.8) is 0 Å². The van der Waals surface area contributed by atoms with Crippen molar-refractivity contribution >= 4 is 43.2 Å². The van der Waals surface area contributed by atoms with Gasteiger partial charge < -0.3 is 14.0 Å². The van der Waals surface area contributed by atoms with Crippen molar-refractivity contribution in [2.24, 2.45) is 12.0 Å². The van der Waals surface area contributed by atoms with Crippen LogP contribution in [0.3, 0.4) is 0 Å². The molecule has 0 fully saturated rings. The highest BCUT2D eigenvalue weighted by atomic mass is 32.2. The van der Waals surface area contributed by atoms with Crippen LogP contribution in [0.4, 0.5) is 5.69 Å². The molecule has 32 heavy (non-hydrogen) atoms. The van der Waals surface area contributed by atoms with Crippen LogP contribution in [0.15, 0.2) is 76.6 Å². The molecule has 8 nitrogen and oxygen atoms in total. The number of aromatic nitrogens is 1. The van der Waals surface area contributed by atoms with E-state index in [1.54, 1.807) is 18.2 Å². The van der Waals surface area contributed by atoms with Gasteiger partial charge in [-0.2, -0.15) is 4.99 Å². The second kappa shape index (κ2) is 7.81. The predicted molar refractivity (Wildman–Crippen MR) is 121 cm³/mol. The number of hydrogen-bond donors (Lipinski definition) is 1. The molecule has 0 spiro atoms. The number of nitrogens with one attached hydrogen (secondary N) is 1. The Kier molecular flexibility index (Phi) is 4.95. The summed E-state index contributed by atoms with van der Waals surface area (Å²) in [6.07, 6.45) is 0. The summed E-state index contributed by atoms with van der Waals surface area (Å²) in [6.45, 7) is 0.198. The number of carbonyl (C=O) groups is 1. The van der Waals surface area contributed by atoms with Gasteiger partial charge in [0.15, 0.2) is 16.3 Å². The summed E-state index contributed by atoms with van der Waals surface area (Å²) in [7, 11) is -1.87. The van der Waals surface area contributed by atoms with Crippen LogP contribution in [0.25, 0.3) is 10.2 Å². The van der Waals surface area contributed by atoms with E-state index in [2.05, 4.69) is 9.71 Å². The maximum atomic E-state index is 12.7. The first-order valence-corrected chi connectivity index (χ1v) is 11.9. The molecule has 1 aliphatic rings. The van der Waals surface area contributed by atoms with Crippen molar-refractivity contribution in [2.45, 2.75) is 4.90 Å². The number of anilines is 1. The second-order valence-corrected chi connectivity index (χ2v) is 9.72. The Bertz CT molecular complexity index is 1510. The van der Waals surface area contributed by atoms with E-state index < -0.39 is 15.9 Å². The van der Waals surface area contributed by atoms with Gasteiger partial charge in [0.2, 0.25) is 6.79 Å². The van der Waals surface area contributed by atoms with Gasteiger partial charge in [-0.15, -0.1) is 0 Å². The number of amides is 1. The molecule has 1 aliphatic heterocycles. The monoisotopic (exact) mass is 467 g/mol. The van der Waals surface area contributed by atoms with Gasteiger partial charge in [-0.25, -0.2) is 8.42 Å². The topological polar surface area (TPSA) is 99.0 Å².